The lowest BCUT2D eigenvalue weighted by atomic mass is 10.0. The molecule has 0 aliphatic carbocycles. The molecule has 0 fully saturated rings. The summed E-state index contributed by atoms with van der Waals surface area (Å²) in [5.41, 5.74) is 3.61. The quantitative estimate of drug-likeness (QED) is 0.785. The lowest BCUT2D eigenvalue weighted by molar-refractivity contribution is -0.134. The van der Waals surface area contributed by atoms with E-state index in [-0.39, 0.29) is 18.3 Å². The zero-order valence-corrected chi connectivity index (χ0v) is 14.1. The number of hydrogen-bond acceptors (Lipinski definition) is 3. The van der Waals surface area contributed by atoms with Gasteiger partial charge in [-0.15, -0.1) is 0 Å². The van der Waals surface area contributed by atoms with Gasteiger partial charge in [-0.05, 0) is 36.4 Å². The summed E-state index contributed by atoms with van der Waals surface area (Å²) in [7, 11) is 0. The second-order valence-electron chi connectivity index (χ2n) is 6.20. The summed E-state index contributed by atoms with van der Waals surface area (Å²) in [6.45, 7) is 1.09. The number of nitrogens with one attached hydrogen (secondary N) is 1. The molecule has 3 aromatic rings. The van der Waals surface area contributed by atoms with Gasteiger partial charge < -0.3 is 9.64 Å². The predicted molar refractivity (Wildman–Crippen MR) is 95.0 cm³/mol. The largest absolute Gasteiger partial charge is 0.484 e. The molecule has 26 heavy (non-hydrogen) atoms. The molecule has 1 aliphatic heterocycles. The maximum absolute atomic E-state index is 13.2. The third kappa shape index (κ3) is 3.31. The van der Waals surface area contributed by atoms with E-state index < -0.39 is 0 Å². The van der Waals surface area contributed by atoms with Crippen molar-refractivity contribution in [2.24, 2.45) is 0 Å². The molecule has 2 heterocycles. The third-order valence-corrected chi connectivity index (χ3v) is 4.51. The predicted octanol–water partition coefficient (Wildman–Crippen LogP) is 3.18. The summed E-state index contributed by atoms with van der Waals surface area (Å²) >= 11 is 0. The molecule has 0 radical (unpaired) electrons. The summed E-state index contributed by atoms with van der Waals surface area (Å²) in [5.74, 6) is 0.327. The molecule has 5 nitrogen and oxygen atoms in total. The summed E-state index contributed by atoms with van der Waals surface area (Å²) in [5, 5.41) is 7.41. The molecule has 0 bridgehead atoms. The van der Waals surface area contributed by atoms with Gasteiger partial charge in [-0.3, -0.25) is 9.89 Å². The maximum atomic E-state index is 13.2. The second kappa shape index (κ2) is 7.00. The first kappa shape index (κ1) is 16.3. The lowest BCUT2D eigenvalue weighted by Crippen LogP contribution is -2.38. The average Bonchev–Trinajstić information content (AvgIpc) is 3.11. The fraction of sp³-hybridized carbons (Fsp3) is 0.200. The van der Waals surface area contributed by atoms with Crippen molar-refractivity contribution in [1.29, 1.82) is 0 Å². The first-order chi connectivity index (χ1) is 12.7. The van der Waals surface area contributed by atoms with Crippen molar-refractivity contribution >= 4 is 5.91 Å². The monoisotopic (exact) mass is 351 g/mol. The van der Waals surface area contributed by atoms with Gasteiger partial charge in [0.05, 0.1) is 5.69 Å². The number of nitrogens with zero attached hydrogens (tertiary/aromatic N) is 2. The molecule has 0 saturated heterocycles. The topological polar surface area (TPSA) is 58.2 Å². The number of aromatic amines is 1. The van der Waals surface area contributed by atoms with Crippen molar-refractivity contribution in [1.82, 2.24) is 15.1 Å². The number of carbonyl (C=O) groups is 1. The van der Waals surface area contributed by atoms with E-state index in [1.807, 2.05) is 30.3 Å². The van der Waals surface area contributed by atoms with Crippen molar-refractivity contribution in [2.75, 3.05) is 13.2 Å². The van der Waals surface area contributed by atoms with Gasteiger partial charge in [-0.25, -0.2) is 4.39 Å². The van der Waals surface area contributed by atoms with Gasteiger partial charge in [0.1, 0.15) is 11.6 Å². The molecule has 1 N–H and O–H groups in total. The molecule has 2 aromatic carbocycles. The number of para-hydroxylation sites is 1. The summed E-state index contributed by atoms with van der Waals surface area (Å²) in [6, 6.07) is 15.5. The minimum Gasteiger partial charge on any atom is -0.484 e. The van der Waals surface area contributed by atoms with E-state index in [9.17, 15) is 9.18 Å². The molecular weight excluding hydrogens is 333 g/mol. The zero-order valence-electron chi connectivity index (χ0n) is 14.1. The average molecular weight is 351 g/mol. The van der Waals surface area contributed by atoms with Gasteiger partial charge in [0.25, 0.3) is 5.91 Å². The van der Waals surface area contributed by atoms with Crippen LogP contribution in [0.1, 0.15) is 11.3 Å². The lowest BCUT2D eigenvalue weighted by Gasteiger charge is -2.27. The number of fused-ring (bicyclic) bond motifs is 1. The van der Waals surface area contributed by atoms with Gasteiger partial charge in [0.15, 0.2) is 6.61 Å². The van der Waals surface area contributed by atoms with E-state index in [2.05, 4.69) is 10.2 Å². The molecule has 0 saturated carbocycles. The van der Waals surface area contributed by atoms with Gasteiger partial charge in [0.2, 0.25) is 0 Å². The maximum Gasteiger partial charge on any atom is 0.260 e. The van der Waals surface area contributed by atoms with E-state index in [1.54, 1.807) is 17.0 Å². The molecule has 4 rings (SSSR count). The Labute approximate surface area is 150 Å². The summed E-state index contributed by atoms with van der Waals surface area (Å²) in [4.78, 5) is 14.3. The van der Waals surface area contributed by atoms with Crippen molar-refractivity contribution in [3.63, 3.8) is 0 Å². The van der Waals surface area contributed by atoms with Crippen LogP contribution >= 0.6 is 0 Å². The van der Waals surface area contributed by atoms with Gasteiger partial charge in [-0.2, -0.15) is 5.10 Å². The van der Waals surface area contributed by atoms with Crippen LogP contribution in [-0.4, -0.2) is 34.2 Å². The number of amides is 1. The fourth-order valence-electron chi connectivity index (χ4n) is 3.11. The normalized spacial score (nSPS) is 13.3. The van der Waals surface area contributed by atoms with Crippen LogP contribution in [0, 0.1) is 5.82 Å². The molecule has 0 spiro atoms. The Morgan fingerprint density at radius 3 is 2.69 bits per heavy atom. The van der Waals surface area contributed by atoms with E-state index in [4.69, 9.17) is 4.74 Å². The fourth-order valence-corrected chi connectivity index (χ4v) is 3.11. The Balaban J connectivity index is 1.47. The summed E-state index contributed by atoms with van der Waals surface area (Å²) < 4.78 is 18.7. The number of H-pyrrole nitrogens is 1. The van der Waals surface area contributed by atoms with Crippen molar-refractivity contribution in [3.05, 3.63) is 71.7 Å². The molecule has 1 amide bonds. The second-order valence-corrected chi connectivity index (χ2v) is 6.20. The van der Waals surface area contributed by atoms with Crippen LogP contribution in [0.5, 0.6) is 5.75 Å². The number of halogens is 1. The van der Waals surface area contributed by atoms with Crippen molar-refractivity contribution in [2.45, 2.75) is 13.0 Å². The van der Waals surface area contributed by atoms with Crippen LogP contribution in [0.3, 0.4) is 0 Å². The Morgan fingerprint density at radius 1 is 1.15 bits per heavy atom. The van der Waals surface area contributed by atoms with E-state index in [0.717, 1.165) is 22.5 Å². The number of hydrogen-bond donors (Lipinski definition) is 1. The van der Waals surface area contributed by atoms with Gasteiger partial charge >= 0.3 is 0 Å². The number of ether oxygens (including phenoxy) is 1. The number of carbonyl (C=O) groups excluding carboxylic acids is 1. The van der Waals surface area contributed by atoms with Gasteiger partial charge in [-0.1, -0.05) is 18.2 Å². The van der Waals surface area contributed by atoms with Crippen molar-refractivity contribution < 1.29 is 13.9 Å². The van der Waals surface area contributed by atoms with E-state index in [1.165, 1.54) is 12.1 Å². The minimum absolute atomic E-state index is 0.00306. The number of aromatic nitrogens is 2. The highest BCUT2D eigenvalue weighted by Crippen LogP contribution is 2.28. The van der Waals surface area contributed by atoms with Crippen LogP contribution in [0.2, 0.25) is 0 Å². The zero-order chi connectivity index (χ0) is 17.9. The van der Waals surface area contributed by atoms with E-state index in [0.29, 0.717) is 25.3 Å². The first-order valence-electron chi connectivity index (χ1n) is 8.48. The van der Waals surface area contributed by atoms with Gasteiger partial charge in [0, 0.05) is 36.3 Å². The smallest absolute Gasteiger partial charge is 0.260 e. The molecule has 0 atom stereocenters. The van der Waals surface area contributed by atoms with Crippen molar-refractivity contribution in [3.8, 4) is 17.0 Å². The number of rotatable bonds is 4. The van der Waals surface area contributed by atoms with Crippen LogP contribution in [-0.2, 0) is 17.8 Å². The Morgan fingerprint density at radius 2 is 1.92 bits per heavy atom. The molecule has 0 unspecified atom stereocenters. The highest BCUT2D eigenvalue weighted by atomic mass is 19.1. The Hall–Kier alpha value is -3.15. The first-order valence-corrected chi connectivity index (χ1v) is 8.48. The molecule has 6 heteroatoms. The Kier molecular flexibility index (Phi) is 4.39. The van der Waals surface area contributed by atoms with Crippen LogP contribution < -0.4 is 4.74 Å². The molecule has 132 valence electrons. The van der Waals surface area contributed by atoms with Crippen LogP contribution in [0.15, 0.2) is 54.6 Å². The standard InChI is InChI=1S/C20H18FN3O2/c21-15-8-6-14(7-9-15)20-17-12-24(11-10-18(17)22-23-20)19(25)13-26-16-4-2-1-3-5-16/h1-9H,10-13H2,(H,22,23). The number of benzene rings is 2. The molecule has 1 aromatic heterocycles. The minimum atomic E-state index is -0.284. The highest BCUT2D eigenvalue weighted by molar-refractivity contribution is 5.78. The molecular formula is C20H18FN3O2. The van der Waals surface area contributed by atoms with E-state index >= 15 is 0 Å². The summed E-state index contributed by atoms with van der Waals surface area (Å²) in [6.07, 6.45) is 0.709. The molecule has 1 aliphatic rings. The van der Waals surface area contributed by atoms with Crippen LogP contribution in [0.25, 0.3) is 11.3 Å². The Bertz CT molecular complexity index is 907. The highest BCUT2D eigenvalue weighted by Gasteiger charge is 2.25. The third-order valence-electron chi connectivity index (χ3n) is 4.51. The van der Waals surface area contributed by atoms with Crippen LogP contribution in [0.4, 0.5) is 4.39 Å². The SMILES string of the molecule is O=C(COc1ccccc1)N1CCc2[nH]nc(-c3ccc(F)cc3)c2C1.